The van der Waals surface area contributed by atoms with Gasteiger partial charge in [-0.05, 0) is 135 Å². The normalized spacial score (nSPS) is 22.3. The Morgan fingerprint density at radius 3 is 0.896 bits per heavy atom. The minimum Gasteiger partial charge on any atom is -0.383 e. The number of rotatable bonds is 28. The monoisotopic (exact) mass is 1540 g/mol. The standard InChI is InChI=1S/2C26H42N4O5S.C24H38N4O5S/c1-35-21-20-28-14-12-26(13-15-28,25(31)27-32)36(33,34)30-18-16-29(17-19-30)24-10-8-23(9-11-24)7-6-22-4-2-3-5-22;1-35-20-19-28-13-11-26(12-14-28,25(31)27-32)36(33,34)30-17-15-29(16-18-30)24-9-7-23(8-10-24)21-22-5-3-2-4-6-22;1-33-18-17-26-11-9-24(10-12-26,23(29)25-30)34(31,32)28-15-13-27(14-16-28)22-7-5-21(6-8-22)19-20-3-2-4-20/h8-11,22,32H,2-7,12-21H2,1H3,(H,27,31);7-10,22,32H,2-6,11-21H2,1H3,(H,27,31);5-8,20,30H,2-4,9-19H2,1H3,(H,25,29). The summed E-state index contributed by atoms with van der Waals surface area (Å²) < 4.78 is 97.2. The minimum absolute atomic E-state index is 0.147. The summed E-state index contributed by atoms with van der Waals surface area (Å²) in [6.45, 7) is 11.8. The molecular formula is C76H122N12O15S3. The van der Waals surface area contributed by atoms with E-state index in [1.807, 2.05) is 0 Å². The van der Waals surface area contributed by atoms with Crippen molar-refractivity contribution in [1.82, 2.24) is 44.1 Å². The molecule has 6 saturated heterocycles. The van der Waals surface area contributed by atoms with Crippen LogP contribution in [0, 0.1) is 17.8 Å². The number of nitrogens with one attached hydrogen (secondary N) is 3. The van der Waals surface area contributed by atoms with Gasteiger partial charge in [0.15, 0.2) is 14.2 Å². The van der Waals surface area contributed by atoms with Gasteiger partial charge in [-0.2, -0.15) is 12.9 Å². The van der Waals surface area contributed by atoms with E-state index in [0.29, 0.717) is 157 Å². The van der Waals surface area contributed by atoms with E-state index in [1.165, 1.54) is 113 Å². The van der Waals surface area contributed by atoms with Crippen molar-refractivity contribution in [3.05, 3.63) is 89.5 Å². The highest BCUT2D eigenvalue weighted by atomic mass is 32.2. The van der Waals surface area contributed by atoms with Gasteiger partial charge in [-0.1, -0.05) is 113 Å². The zero-order valence-electron chi connectivity index (χ0n) is 63.2. The zero-order chi connectivity index (χ0) is 75.4. The second kappa shape index (κ2) is 39.2. The van der Waals surface area contributed by atoms with Crippen LogP contribution in [-0.4, -0.2) is 279 Å². The van der Waals surface area contributed by atoms with E-state index in [0.717, 1.165) is 54.1 Å². The summed E-state index contributed by atoms with van der Waals surface area (Å²) in [5.74, 6) is 0.0230. The molecule has 0 aromatic heterocycles. The molecule has 3 amide bonds. The summed E-state index contributed by atoms with van der Waals surface area (Å²) in [6.07, 6.45) is 21.8. The van der Waals surface area contributed by atoms with Crippen molar-refractivity contribution in [1.29, 1.82) is 0 Å². The van der Waals surface area contributed by atoms with Crippen LogP contribution >= 0.6 is 0 Å². The topological polar surface area (TPSA) is 307 Å². The van der Waals surface area contributed by atoms with E-state index in [2.05, 4.69) is 102 Å². The van der Waals surface area contributed by atoms with Crippen molar-refractivity contribution < 1.29 is 69.5 Å². The lowest BCUT2D eigenvalue weighted by Gasteiger charge is -2.44. The summed E-state index contributed by atoms with van der Waals surface area (Å²) in [5.41, 5.74) is 12.3. The maximum atomic E-state index is 13.8. The van der Waals surface area contributed by atoms with Crippen LogP contribution in [0.1, 0.15) is 139 Å². The molecule has 6 N–H and O–H groups in total. The number of anilines is 3. The van der Waals surface area contributed by atoms with Gasteiger partial charge in [-0.15, -0.1) is 0 Å². The number of sulfonamides is 3. The third-order valence-electron chi connectivity index (χ3n) is 24.8. The van der Waals surface area contributed by atoms with Gasteiger partial charge in [0.25, 0.3) is 17.7 Å². The molecule has 9 aliphatic rings. The number of carbonyl (C=O) groups excluding carboxylic acids is 3. The van der Waals surface area contributed by atoms with Crippen molar-refractivity contribution in [2.24, 2.45) is 17.8 Å². The van der Waals surface area contributed by atoms with Gasteiger partial charge in [0.2, 0.25) is 30.1 Å². The Balaban J connectivity index is 0.000000170. The summed E-state index contributed by atoms with van der Waals surface area (Å²) >= 11 is 0. The number of carbonyl (C=O) groups is 3. The molecule has 3 aliphatic carbocycles. The van der Waals surface area contributed by atoms with E-state index < -0.39 is 62.0 Å². The molecule has 594 valence electrons. The van der Waals surface area contributed by atoms with Crippen molar-refractivity contribution in [3.63, 3.8) is 0 Å². The highest BCUT2D eigenvalue weighted by molar-refractivity contribution is 7.92. The first-order valence-corrected chi connectivity index (χ1v) is 43.5. The molecule has 3 aromatic rings. The predicted octanol–water partition coefficient (Wildman–Crippen LogP) is 5.96. The summed E-state index contributed by atoms with van der Waals surface area (Å²) in [6, 6.07) is 26.1. The highest BCUT2D eigenvalue weighted by Gasteiger charge is 2.58. The predicted molar refractivity (Wildman–Crippen MR) is 410 cm³/mol. The number of ether oxygens (including phenoxy) is 3. The molecule has 0 radical (unpaired) electrons. The molecule has 0 spiro atoms. The SMILES string of the molecule is COCCN1CCC(C(=O)NO)(S(=O)(=O)N2CCN(c3ccc(CC4CCC4)cc3)CC2)CC1.COCCN1CCC(C(=O)NO)(S(=O)(=O)N2CCN(c3ccc(CC4CCCCC4)cc3)CC2)CC1.COCCN1CCC(C(=O)NO)(S(=O)(=O)N2CCN(c3ccc(CCC4CCCC4)cc3)CC2)CC1. The lowest BCUT2D eigenvalue weighted by Crippen LogP contribution is -2.63. The third kappa shape index (κ3) is 19.9. The molecule has 27 nitrogen and oxygen atoms in total. The maximum Gasteiger partial charge on any atom is 0.266 e. The fourth-order valence-electron chi connectivity index (χ4n) is 17.5. The summed E-state index contributed by atoms with van der Waals surface area (Å²) in [4.78, 5) is 51.1. The number of hydrogen-bond donors (Lipinski definition) is 6. The number of benzene rings is 3. The van der Waals surface area contributed by atoms with Gasteiger partial charge in [-0.3, -0.25) is 30.0 Å². The van der Waals surface area contributed by atoms with Gasteiger partial charge in [0.1, 0.15) is 0 Å². The van der Waals surface area contributed by atoms with Gasteiger partial charge >= 0.3 is 0 Å². The first-order chi connectivity index (χ1) is 51.2. The second-order valence-electron chi connectivity index (χ2n) is 30.9. The van der Waals surface area contributed by atoms with Crippen molar-refractivity contribution in [2.45, 2.75) is 155 Å². The minimum atomic E-state index is -3.95. The van der Waals surface area contributed by atoms with Crippen LogP contribution in [0.4, 0.5) is 17.1 Å². The molecule has 3 aromatic carbocycles. The van der Waals surface area contributed by atoms with Crippen LogP contribution in [0.25, 0.3) is 0 Å². The molecule has 30 heteroatoms. The van der Waals surface area contributed by atoms with E-state index >= 15 is 0 Å². The first-order valence-electron chi connectivity index (χ1n) is 39.2. The third-order valence-corrected chi connectivity index (χ3v) is 32.7. The van der Waals surface area contributed by atoms with E-state index in [-0.39, 0.29) is 38.5 Å². The number of likely N-dealkylation sites (tertiary alicyclic amines) is 3. The quantitative estimate of drug-likeness (QED) is 0.0361. The number of hydroxylamine groups is 3. The van der Waals surface area contributed by atoms with E-state index in [1.54, 1.807) is 37.8 Å². The van der Waals surface area contributed by atoms with Gasteiger partial charge in [0.05, 0.1) is 19.8 Å². The zero-order valence-corrected chi connectivity index (χ0v) is 65.6. The molecular weight excluding hydrogens is 1420 g/mol. The fourth-order valence-corrected chi connectivity index (χ4v) is 23.8. The highest BCUT2D eigenvalue weighted by Crippen LogP contribution is 2.40. The first kappa shape index (κ1) is 83.3. The number of aryl methyl sites for hydroxylation is 1. The lowest BCUT2D eigenvalue weighted by molar-refractivity contribution is -0.134. The fraction of sp³-hybridized carbons (Fsp3) is 0.724. The Labute approximate surface area is 631 Å². The van der Waals surface area contributed by atoms with Gasteiger partial charge < -0.3 is 43.6 Å². The van der Waals surface area contributed by atoms with Crippen LogP contribution in [-0.2, 0) is 77.9 Å². The maximum absolute atomic E-state index is 13.8. The molecule has 0 atom stereocenters. The Hall–Kier alpha value is -5.16. The second-order valence-corrected chi connectivity index (χ2v) is 37.6. The molecule has 0 unspecified atom stereocenters. The Bertz CT molecular complexity index is 3560. The van der Waals surface area contributed by atoms with Gasteiger partial charge in [-0.25, -0.2) is 41.7 Å². The molecule has 6 aliphatic heterocycles. The number of methoxy groups -OCH3 is 3. The number of piperazine rings is 3. The van der Waals surface area contributed by atoms with E-state index in [9.17, 15) is 55.3 Å². The number of hydrogen-bond acceptors (Lipinski definition) is 21. The molecule has 0 bridgehead atoms. The lowest BCUT2D eigenvalue weighted by atomic mass is 9.81. The smallest absolute Gasteiger partial charge is 0.266 e. The van der Waals surface area contributed by atoms with Crippen LogP contribution < -0.4 is 31.1 Å². The Morgan fingerprint density at radius 1 is 0.368 bits per heavy atom. The number of amides is 3. The Morgan fingerprint density at radius 2 is 0.632 bits per heavy atom. The van der Waals surface area contributed by atoms with Crippen LogP contribution in [0.3, 0.4) is 0 Å². The molecule has 6 heterocycles. The average molecular weight is 1540 g/mol. The molecule has 3 saturated carbocycles. The molecule has 12 rings (SSSR count). The molecule has 106 heavy (non-hydrogen) atoms. The largest absolute Gasteiger partial charge is 0.383 e. The van der Waals surface area contributed by atoms with Crippen molar-refractivity contribution in [2.75, 3.05) is 193 Å². The van der Waals surface area contributed by atoms with E-state index in [4.69, 9.17) is 14.2 Å². The average Bonchev–Trinajstić information content (AvgIpc) is 0.815. The Kier molecular flexibility index (Phi) is 30.8. The van der Waals surface area contributed by atoms with Crippen molar-refractivity contribution >= 4 is 64.9 Å². The van der Waals surface area contributed by atoms with Gasteiger partial charge in [0, 0.05) is 176 Å². The number of piperidine rings is 3. The molecule has 9 fully saturated rings. The van der Waals surface area contributed by atoms with Crippen LogP contribution in [0.2, 0.25) is 0 Å². The summed E-state index contributed by atoms with van der Waals surface area (Å²) in [5, 5.41) is 28.2. The van der Waals surface area contributed by atoms with Crippen molar-refractivity contribution in [3.8, 4) is 0 Å². The van der Waals surface area contributed by atoms with Crippen LogP contribution in [0.15, 0.2) is 72.8 Å². The number of nitrogens with zero attached hydrogens (tertiary/aromatic N) is 9. The summed E-state index contributed by atoms with van der Waals surface area (Å²) in [7, 11) is -6.97. The van der Waals surface area contributed by atoms with Crippen LogP contribution in [0.5, 0.6) is 0 Å².